The second-order valence-electron chi connectivity index (χ2n) is 4.03. The van der Waals surface area contributed by atoms with E-state index in [1.165, 1.54) is 0 Å². The van der Waals surface area contributed by atoms with Gasteiger partial charge < -0.3 is 4.74 Å². The van der Waals surface area contributed by atoms with Crippen LogP contribution in [0.4, 0.5) is 0 Å². The van der Waals surface area contributed by atoms with E-state index in [-0.39, 0.29) is 0 Å². The lowest BCUT2D eigenvalue weighted by atomic mass is 10.2. The first-order chi connectivity index (χ1) is 9.31. The first-order valence-electron chi connectivity index (χ1n) is 5.84. The maximum Gasteiger partial charge on any atom is 0.124 e. The van der Waals surface area contributed by atoms with Crippen LogP contribution in [-0.2, 0) is 6.61 Å². The van der Waals surface area contributed by atoms with Gasteiger partial charge in [0, 0.05) is 17.1 Å². The van der Waals surface area contributed by atoms with Gasteiger partial charge >= 0.3 is 0 Å². The van der Waals surface area contributed by atoms with Crippen molar-refractivity contribution < 1.29 is 4.74 Å². The van der Waals surface area contributed by atoms with Crippen molar-refractivity contribution in [2.45, 2.75) is 13.5 Å². The summed E-state index contributed by atoms with van der Waals surface area (Å²) in [7, 11) is 0. The normalized spacial score (nSPS) is 10.6. The predicted molar refractivity (Wildman–Crippen MR) is 78.7 cm³/mol. The van der Waals surface area contributed by atoms with Crippen LogP contribution in [0.5, 0.6) is 5.75 Å². The highest BCUT2D eigenvalue weighted by Gasteiger charge is 2.03. The van der Waals surface area contributed by atoms with Crippen LogP contribution in [0.3, 0.4) is 0 Å². The third-order valence-corrected chi connectivity index (χ3v) is 4.16. The Balaban J connectivity index is 1.69. The molecule has 19 heavy (non-hydrogen) atoms. The molecule has 0 fully saturated rings. The second-order valence-corrected chi connectivity index (χ2v) is 6.07. The lowest BCUT2D eigenvalue weighted by molar-refractivity contribution is 0.309. The zero-order chi connectivity index (χ0) is 13.1. The maximum atomic E-state index is 5.70. The average Bonchev–Trinajstić information content (AvgIpc) is 3.08. The van der Waals surface area contributed by atoms with E-state index in [0.29, 0.717) is 6.61 Å². The molecule has 2 heterocycles. The van der Waals surface area contributed by atoms with E-state index in [2.05, 4.69) is 15.3 Å². The van der Waals surface area contributed by atoms with E-state index in [0.717, 1.165) is 26.9 Å². The van der Waals surface area contributed by atoms with Crippen molar-refractivity contribution in [2.24, 2.45) is 0 Å². The topological polar surface area (TPSA) is 35.0 Å². The van der Waals surface area contributed by atoms with E-state index in [1.54, 1.807) is 22.7 Å². The minimum atomic E-state index is 0.569. The van der Waals surface area contributed by atoms with Gasteiger partial charge in [-0.25, -0.2) is 4.98 Å². The highest BCUT2D eigenvalue weighted by atomic mass is 32.1. The molecule has 0 spiro atoms. The maximum absolute atomic E-state index is 5.70. The number of aromatic nitrogens is 2. The second kappa shape index (κ2) is 5.50. The summed E-state index contributed by atoms with van der Waals surface area (Å²) in [5, 5.41) is 3.16. The van der Waals surface area contributed by atoms with E-state index in [1.807, 2.05) is 42.9 Å². The summed E-state index contributed by atoms with van der Waals surface area (Å²) in [6, 6.07) is 8.03. The molecule has 5 heteroatoms. The van der Waals surface area contributed by atoms with Crippen molar-refractivity contribution in [3.05, 3.63) is 51.2 Å². The fourth-order valence-corrected chi connectivity index (χ4v) is 2.81. The van der Waals surface area contributed by atoms with Crippen molar-refractivity contribution in [1.82, 2.24) is 9.97 Å². The Hall–Kier alpha value is -1.72. The Labute approximate surface area is 119 Å². The molecular weight excluding hydrogens is 276 g/mol. The van der Waals surface area contributed by atoms with Gasteiger partial charge in [0.25, 0.3) is 0 Å². The van der Waals surface area contributed by atoms with Gasteiger partial charge in [-0.15, -0.1) is 22.7 Å². The van der Waals surface area contributed by atoms with E-state index in [4.69, 9.17) is 4.74 Å². The number of thiazole rings is 2. The zero-order valence-electron chi connectivity index (χ0n) is 10.4. The third-order valence-electron chi connectivity index (χ3n) is 2.63. The summed E-state index contributed by atoms with van der Waals surface area (Å²) in [6.45, 7) is 2.58. The number of ether oxygens (including phenoxy) is 1. The monoisotopic (exact) mass is 288 g/mol. The highest BCUT2D eigenvalue weighted by molar-refractivity contribution is 7.10. The van der Waals surface area contributed by atoms with Crippen molar-refractivity contribution in [1.29, 1.82) is 0 Å². The number of nitrogens with zero attached hydrogens (tertiary/aromatic N) is 2. The number of aryl methyl sites for hydroxylation is 1. The van der Waals surface area contributed by atoms with Crippen molar-refractivity contribution in [2.75, 3.05) is 0 Å². The predicted octanol–water partition coefficient (Wildman–Crippen LogP) is 4.15. The lowest BCUT2D eigenvalue weighted by Gasteiger charge is -2.04. The fourth-order valence-electron chi connectivity index (χ4n) is 1.69. The Morgan fingerprint density at radius 3 is 2.63 bits per heavy atom. The number of hydrogen-bond donors (Lipinski definition) is 0. The molecule has 0 aliphatic heterocycles. The van der Waals surface area contributed by atoms with Gasteiger partial charge in [0.15, 0.2) is 0 Å². The summed E-state index contributed by atoms with van der Waals surface area (Å²) >= 11 is 3.26. The Morgan fingerprint density at radius 2 is 2.00 bits per heavy atom. The van der Waals surface area contributed by atoms with E-state index < -0.39 is 0 Å². The van der Waals surface area contributed by atoms with Crippen LogP contribution in [0.15, 0.2) is 41.4 Å². The summed E-state index contributed by atoms with van der Waals surface area (Å²) in [4.78, 5) is 9.61. The van der Waals surface area contributed by atoms with Crippen LogP contribution in [0.2, 0.25) is 0 Å². The highest BCUT2D eigenvalue weighted by Crippen LogP contribution is 2.24. The Bertz CT molecular complexity index is 644. The molecule has 3 rings (SSSR count). The third kappa shape index (κ3) is 3.00. The average molecular weight is 288 g/mol. The van der Waals surface area contributed by atoms with Gasteiger partial charge in [0.1, 0.15) is 12.4 Å². The summed E-state index contributed by atoms with van der Waals surface area (Å²) in [5.41, 5.74) is 3.96. The first kappa shape index (κ1) is 12.3. The SMILES string of the molecule is Cc1nc(-c2ccc(OCc3cncs3)cc2)cs1. The van der Waals surface area contributed by atoms with Crippen LogP contribution in [0, 0.1) is 6.92 Å². The fraction of sp³-hybridized carbons (Fsp3) is 0.143. The summed E-state index contributed by atoms with van der Waals surface area (Å²) < 4.78 is 5.70. The molecule has 2 aromatic heterocycles. The lowest BCUT2D eigenvalue weighted by Crippen LogP contribution is -1.92. The van der Waals surface area contributed by atoms with Crippen LogP contribution in [-0.4, -0.2) is 9.97 Å². The van der Waals surface area contributed by atoms with E-state index >= 15 is 0 Å². The van der Waals surface area contributed by atoms with Gasteiger partial charge in [0.05, 0.1) is 21.1 Å². The Kier molecular flexibility index (Phi) is 3.57. The zero-order valence-corrected chi connectivity index (χ0v) is 12.0. The standard InChI is InChI=1S/C14H12N2OS2/c1-10-16-14(8-18-10)11-2-4-12(5-3-11)17-7-13-6-15-9-19-13/h2-6,8-9H,7H2,1H3. The van der Waals surface area contributed by atoms with Crippen molar-refractivity contribution in [3.8, 4) is 17.0 Å². The van der Waals surface area contributed by atoms with Crippen molar-refractivity contribution >= 4 is 22.7 Å². The molecule has 0 aliphatic carbocycles. The van der Waals surface area contributed by atoms with Gasteiger partial charge in [-0.2, -0.15) is 0 Å². The van der Waals surface area contributed by atoms with Gasteiger partial charge in [-0.1, -0.05) is 0 Å². The van der Waals surface area contributed by atoms with Crippen LogP contribution in [0.1, 0.15) is 9.88 Å². The number of rotatable bonds is 4. The molecule has 1 aromatic carbocycles. The largest absolute Gasteiger partial charge is 0.488 e. The molecule has 0 N–H and O–H groups in total. The molecule has 0 aliphatic rings. The molecule has 0 bridgehead atoms. The molecule has 0 atom stereocenters. The minimum absolute atomic E-state index is 0.569. The van der Waals surface area contributed by atoms with E-state index in [9.17, 15) is 0 Å². The smallest absolute Gasteiger partial charge is 0.124 e. The molecular formula is C14H12N2OS2. The summed E-state index contributed by atoms with van der Waals surface area (Å²) in [6.07, 6.45) is 1.83. The Morgan fingerprint density at radius 1 is 1.16 bits per heavy atom. The molecule has 0 saturated heterocycles. The molecule has 0 unspecified atom stereocenters. The van der Waals surface area contributed by atoms with Crippen LogP contribution in [0.25, 0.3) is 11.3 Å². The minimum Gasteiger partial charge on any atom is -0.488 e. The van der Waals surface area contributed by atoms with Gasteiger partial charge in [0.2, 0.25) is 0 Å². The quantitative estimate of drug-likeness (QED) is 0.723. The van der Waals surface area contributed by atoms with Gasteiger partial charge in [-0.05, 0) is 31.2 Å². The molecule has 0 saturated carbocycles. The number of hydrogen-bond acceptors (Lipinski definition) is 5. The van der Waals surface area contributed by atoms with Crippen molar-refractivity contribution in [3.63, 3.8) is 0 Å². The molecule has 0 amide bonds. The number of benzene rings is 1. The molecule has 3 nitrogen and oxygen atoms in total. The van der Waals surface area contributed by atoms with Crippen LogP contribution < -0.4 is 4.74 Å². The summed E-state index contributed by atoms with van der Waals surface area (Å²) in [5.74, 6) is 0.865. The molecule has 96 valence electrons. The van der Waals surface area contributed by atoms with Crippen LogP contribution >= 0.6 is 22.7 Å². The first-order valence-corrected chi connectivity index (χ1v) is 7.60. The molecule has 3 aromatic rings. The molecule has 0 radical (unpaired) electrons. The van der Waals surface area contributed by atoms with Gasteiger partial charge in [-0.3, -0.25) is 4.98 Å².